The number of carbonyl (C=O) groups is 2. The van der Waals surface area contributed by atoms with Gasteiger partial charge in [0.2, 0.25) is 0 Å². The number of nitrogens with one attached hydrogen (secondary N) is 1. The molecule has 0 saturated heterocycles. The number of carbonyl (C=O) groups excluding carboxylic acids is 1. The van der Waals surface area contributed by atoms with E-state index in [0.717, 1.165) is 0 Å². The van der Waals surface area contributed by atoms with Gasteiger partial charge >= 0.3 is 5.97 Å². The molecule has 0 aliphatic rings. The number of amides is 1. The second kappa shape index (κ2) is 7.66. The highest BCUT2D eigenvalue weighted by Crippen LogP contribution is 2.26. The normalized spacial score (nSPS) is 11.8. The largest absolute Gasteiger partial charge is 0.480 e. The number of pyridine rings is 1. The minimum absolute atomic E-state index is 0.284. The summed E-state index contributed by atoms with van der Waals surface area (Å²) in [5, 5.41) is 13.4. The lowest BCUT2D eigenvalue weighted by molar-refractivity contribution is -0.139. The zero-order valence-corrected chi connectivity index (χ0v) is 14.1. The Morgan fingerprint density at radius 3 is 2.19 bits per heavy atom. The lowest BCUT2D eigenvalue weighted by atomic mass is 10.0. The Balaban J connectivity index is 2.03. The van der Waals surface area contributed by atoms with Crippen LogP contribution in [0.3, 0.4) is 0 Å². The van der Waals surface area contributed by atoms with Gasteiger partial charge in [-0.1, -0.05) is 36.4 Å². The molecule has 0 spiro atoms. The summed E-state index contributed by atoms with van der Waals surface area (Å²) < 4.78 is 0. The molecule has 0 aliphatic heterocycles. The van der Waals surface area contributed by atoms with Crippen LogP contribution in [0.15, 0.2) is 48.5 Å². The van der Waals surface area contributed by atoms with Gasteiger partial charge in [-0.3, -0.25) is 4.79 Å². The van der Waals surface area contributed by atoms with Crippen LogP contribution in [-0.4, -0.2) is 28.0 Å². The fraction of sp³-hybridized carbons (Fsp3) is 0.190. The number of carboxylic acids is 1. The molecule has 1 atom stereocenters. The molecule has 0 saturated carbocycles. The molecule has 2 N–H and O–H groups in total. The van der Waals surface area contributed by atoms with Crippen LogP contribution in [0, 0.1) is 12.3 Å². The highest BCUT2D eigenvalue weighted by Gasteiger charge is 2.23. The van der Waals surface area contributed by atoms with E-state index >= 15 is 0 Å². The Labute approximate surface area is 151 Å². The fourth-order valence-electron chi connectivity index (χ4n) is 2.98. The first-order valence-electron chi connectivity index (χ1n) is 8.36. The quantitative estimate of drug-likeness (QED) is 0.407. The number of hydrogen-bond donors (Lipinski definition) is 2. The fourth-order valence-corrected chi connectivity index (χ4v) is 2.98. The van der Waals surface area contributed by atoms with Gasteiger partial charge in [0, 0.05) is 17.2 Å². The predicted molar refractivity (Wildman–Crippen MR) is 101 cm³/mol. The van der Waals surface area contributed by atoms with Crippen LogP contribution >= 0.6 is 0 Å². The van der Waals surface area contributed by atoms with E-state index in [2.05, 4.69) is 16.2 Å². The Morgan fingerprint density at radius 2 is 1.65 bits per heavy atom. The molecule has 0 radical (unpaired) electrons. The van der Waals surface area contributed by atoms with Crippen molar-refractivity contribution in [2.75, 3.05) is 0 Å². The first-order valence-corrected chi connectivity index (χ1v) is 8.36. The summed E-state index contributed by atoms with van der Waals surface area (Å²) in [6, 6.07) is 13.7. The molecular weight excluding hydrogens is 328 g/mol. The molecule has 130 valence electrons. The van der Waals surface area contributed by atoms with Crippen molar-refractivity contribution in [2.24, 2.45) is 0 Å². The molecule has 0 unspecified atom stereocenters. The zero-order chi connectivity index (χ0) is 18.5. The van der Waals surface area contributed by atoms with Gasteiger partial charge < -0.3 is 10.4 Å². The topological polar surface area (TPSA) is 79.3 Å². The first-order chi connectivity index (χ1) is 12.6. The molecule has 1 heterocycles. The molecule has 1 amide bonds. The Morgan fingerprint density at radius 1 is 1.08 bits per heavy atom. The van der Waals surface area contributed by atoms with E-state index in [1.807, 2.05) is 48.5 Å². The number of unbranched alkanes of at least 4 members (excludes halogenated alkanes) is 1. The SMILES string of the molecule is C#CCCC[C@@H](NC(=O)c1c2ccccc2nc2ccccc12)C(=O)O. The molecule has 0 aliphatic carbocycles. The predicted octanol–water partition coefficient (Wildman–Crippen LogP) is 3.37. The van der Waals surface area contributed by atoms with Crippen LogP contribution in [0.5, 0.6) is 0 Å². The van der Waals surface area contributed by atoms with E-state index in [9.17, 15) is 14.7 Å². The summed E-state index contributed by atoms with van der Waals surface area (Å²) in [5.41, 5.74) is 1.82. The average Bonchev–Trinajstić information content (AvgIpc) is 2.65. The second-order valence-electron chi connectivity index (χ2n) is 5.98. The van der Waals surface area contributed by atoms with Crippen LogP contribution in [0.1, 0.15) is 29.6 Å². The molecule has 26 heavy (non-hydrogen) atoms. The van der Waals surface area contributed by atoms with E-state index < -0.39 is 17.9 Å². The number of hydrogen-bond acceptors (Lipinski definition) is 3. The van der Waals surface area contributed by atoms with Crippen LogP contribution in [-0.2, 0) is 4.79 Å². The highest BCUT2D eigenvalue weighted by atomic mass is 16.4. The summed E-state index contributed by atoms with van der Waals surface area (Å²) in [6.07, 6.45) is 6.51. The summed E-state index contributed by atoms with van der Waals surface area (Å²) in [4.78, 5) is 29.1. The third-order valence-corrected chi connectivity index (χ3v) is 4.23. The number of rotatable bonds is 6. The lowest BCUT2D eigenvalue weighted by Crippen LogP contribution is -2.40. The van der Waals surface area contributed by atoms with Gasteiger partial charge in [0.1, 0.15) is 6.04 Å². The van der Waals surface area contributed by atoms with E-state index in [0.29, 0.717) is 40.2 Å². The van der Waals surface area contributed by atoms with Gasteiger partial charge in [0.25, 0.3) is 5.91 Å². The molecule has 3 aromatic rings. The van der Waals surface area contributed by atoms with E-state index in [-0.39, 0.29) is 6.42 Å². The van der Waals surface area contributed by atoms with Crippen molar-refractivity contribution in [2.45, 2.75) is 25.3 Å². The van der Waals surface area contributed by atoms with Crippen LogP contribution in [0.4, 0.5) is 0 Å². The second-order valence-corrected chi connectivity index (χ2v) is 5.98. The minimum Gasteiger partial charge on any atom is -0.480 e. The summed E-state index contributed by atoms with van der Waals surface area (Å²) in [5.74, 6) is 0.987. The van der Waals surface area contributed by atoms with Gasteiger partial charge in [-0.2, -0.15) is 0 Å². The number of para-hydroxylation sites is 2. The minimum atomic E-state index is -1.07. The maximum absolute atomic E-state index is 13.0. The standard InChI is InChI=1S/C21H18N2O3/c1-2-3-4-13-18(21(25)26)23-20(24)19-14-9-5-7-11-16(14)22-17-12-8-6-10-15(17)19/h1,5-12,18H,3-4,13H2,(H,23,24)(H,25,26)/t18-/m1/s1. The van der Waals surface area contributed by atoms with Gasteiger partial charge in [-0.15, -0.1) is 12.3 Å². The van der Waals surface area contributed by atoms with E-state index in [1.165, 1.54) is 0 Å². The van der Waals surface area contributed by atoms with Gasteiger partial charge in [0.05, 0.1) is 16.6 Å². The smallest absolute Gasteiger partial charge is 0.326 e. The number of aliphatic carboxylic acids is 1. The molecule has 5 nitrogen and oxygen atoms in total. The van der Waals surface area contributed by atoms with E-state index in [4.69, 9.17) is 6.42 Å². The molecule has 1 aromatic heterocycles. The molecule has 3 rings (SSSR count). The lowest BCUT2D eigenvalue weighted by Gasteiger charge is -2.16. The molecule has 0 bridgehead atoms. The van der Waals surface area contributed by atoms with Gasteiger partial charge in [-0.25, -0.2) is 9.78 Å². The zero-order valence-electron chi connectivity index (χ0n) is 14.1. The Bertz CT molecular complexity index is 967. The van der Waals surface area contributed by atoms with Crippen molar-refractivity contribution >= 4 is 33.7 Å². The number of nitrogens with zero attached hydrogens (tertiary/aromatic N) is 1. The van der Waals surface area contributed by atoms with Crippen molar-refractivity contribution < 1.29 is 14.7 Å². The molecular formula is C21H18N2O3. The summed E-state index contributed by atoms with van der Waals surface area (Å²) in [6.45, 7) is 0. The van der Waals surface area contributed by atoms with Crippen molar-refractivity contribution in [1.29, 1.82) is 0 Å². The van der Waals surface area contributed by atoms with E-state index in [1.54, 1.807) is 0 Å². The Hall–Kier alpha value is -3.39. The highest BCUT2D eigenvalue weighted by molar-refractivity contribution is 6.16. The maximum atomic E-state index is 13.0. The van der Waals surface area contributed by atoms with Crippen LogP contribution in [0.2, 0.25) is 0 Å². The van der Waals surface area contributed by atoms with Gasteiger partial charge in [0.15, 0.2) is 0 Å². The maximum Gasteiger partial charge on any atom is 0.326 e. The number of benzene rings is 2. The Kier molecular flexibility index (Phi) is 5.14. The monoisotopic (exact) mass is 346 g/mol. The van der Waals surface area contributed by atoms with Crippen LogP contribution < -0.4 is 5.32 Å². The van der Waals surface area contributed by atoms with Crippen molar-refractivity contribution in [3.63, 3.8) is 0 Å². The van der Waals surface area contributed by atoms with Crippen molar-refractivity contribution in [1.82, 2.24) is 10.3 Å². The average molecular weight is 346 g/mol. The van der Waals surface area contributed by atoms with Gasteiger partial charge in [-0.05, 0) is 25.0 Å². The summed E-state index contributed by atoms with van der Waals surface area (Å²) >= 11 is 0. The molecule has 0 fully saturated rings. The number of fused-ring (bicyclic) bond motifs is 2. The van der Waals surface area contributed by atoms with Crippen LogP contribution in [0.25, 0.3) is 21.8 Å². The van der Waals surface area contributed by atoms with Crippen molar-refractivity contribution in [3.8, 4) is 12.3 Å². The molecule has 2 aromatic carbocycles. The summed E-state index contributed by atoms with van der Waals surface area (Å²) in [7, 11) is 0. The number of aromatic nitrogens is 1. The number of terminal acetylenes is 1. The first kappa shape index (κ1) is 17.4. The third kappa shape index (κ3) is 3.50. The van der Waals surface area contributed by atoms with Crippen molar-refractivity contribution in [3.05, 3.63) is 54.1 Å². The third-order valence-electron chi connectivity index (χ3n) is 4.23. The number of carboxylic acid groups (broad SMARTS) is 1. The molecule has 5 heteroatoms.